The molecule has 126 valence electrons. The largest absolute Gasteiger partial charge is 0.444 e. The molecule has 23 heavy (non-hydrogen) atoms. The molecule has 0 radical (unpaired) electrons. The third-order valence-corrected chi connectivity index (χ3v) is 3.90. The predicted molar refractivity (Wildman–Crippen MR) is 86.0 cm³/mol. The fourth-order valence-electron chi connectivity index (χ4n) is 2.76. The van der Waals surface area contributed by atoms with Crippen LogP contribution in [0.2, 0.25) is 0 Å². The van der Waals surface area contributed by atoms with E-state index in [1.54, 1.807) is 39.8 Å². The Hall–Kier alpha value is -1.91. The van der Waals surface area contributed by atoms with Crippen LogP contribution in [0.3, 0.4) is 0 Å². The van der Waals surface area contributed by atoms with Crippen LogP contribution >= 0.6 is 0 Å². The first-order valence-corrected chi connectivity index (χ1v) is 7.88. The maximum atomic E-state index is 13.7. The SMILES string of the molecule is Cc1ccc(C(=O)[C@@H]2C[C@@H](C)CN2C(=O)OC(C)(C)C)cc1F. The molecule has 1 aliphatic rings. The van der Waals surface area contributed by atoms with Crippen molar-refractivity contribution in [2.45, 2.75) is 52.7 Å². The first-order chi connectivity index (χ1) is 10.6. The summed E-state index contributed by atoms with van der Waals surface area (Å²) in [5, 5.41) is 0. The van der Waals surface area contributed by atoms with Crippen molar-refractivity contribution in [3.63, 3.8) is 0 Å². The molecule has 1 heterocycles. The molecule has 1 saturated heterocycles. The molecule has 0 aromatic heterocycles. The van der Waals surface area contributed by atoms with E-state index in [1.165, 1.54) is 11.0 Å². The van der Waals surface area contributed by atoms with Gasteiger partial charge in [-0.1, -0.05) is 19.1 Å². The number of carbonyl (C=O) groups is 2. The Morgan fingerprint density at radius 3 is 2.52 bits per heavy atom. The quantitative estimate of drug-likeness (QED) is 0.775. The molecule has 4 nitrogen and oxygen atoms in total. The summed E-state index contributed by atoms with van der Waals surface area (Å²) >= 11 is 0. The number of likely N-dealkylation sites (tertiary alicyclic amines) is 1. The Morgan fingerprint density at radius 2 is 1.96 bits per heavy atom. The topological polar surface area (TPSA) is 46.6 Å². The molecule has 0 unspecified atom stereocenters. The Bertz CT molecular complexity index is 621. The number of hydrogen-bond acceptors (Lipinski definition) is 3. The molecule has 2 atom stereocenters. The van der Waals surface area contributed by atoms with Crippen LogP contribution in [0, 0.1) is 18.7 Å². The number of aryl methyl sites for hydroxylation is 1. The van der Waals surface area contributed by atoms with Crippen molar-refractivity contribution in [2.75, 3.05) is 6.54 Å². The second kappa shape index (κ2) is 6.30. The highest BCUT2D eigenvalue weighted by Gasteiger charge is 2.40. The van der Waals surface area contributed by atoms with Gasteiger partial charge in [0.25, 0.3) is 0 Å². The summed E-state index contributed by atoms with van der Waals surface area (Å²) in [5.74, 6) is -0.448. The van der Waals surface area contributed by atoms with Crippen LogP contribution in [0.15, 0.2) is 18.2 Å². The minimum atomic E-state index is -0.619. The number of ether oxygens (including phenoxy) is 1. The van der Waals surface area contributed by atoms with E-state index in [1.807, 2.05) is 6.92 Å². The van der Waals surface area contributed by atoms with Gasteiger partial charge in [0.1, 0.15) is 11.4 Å². The van der Waals surface area contributed by atoms with Gasteiger partial charge in [0.15, 0.2) is 5.78 Å². The molecule has 1 fully saturated rings. The molecule has 1 aromatic rings. The molecular formula is C18H24FNO3. The molecule has 0 aliphatic carbocycles. The molecule has 2 rings (SSSR count). The molecule has 1 aromatic carbocycles. The molecular weight excluding hydrogens is 297 g/mol. The Balaban J connectivity index is 2.23. The lowest BCUT2D eigenvalue weighted by Gasteiger charge is -2.28. The van der Waals surface area contributed by atoms with E-state index >= 15 is 0 Å². The van der Waals surface area contributed by atoms with Gasteiger partial charge in [-0.2, -0.15) is 0 Å². The van der Waals surface area contributed by atoms with E-state index in [0.717, 1.165) is 0 Å². The summed E-state index contributed by atoms with van der Waals surface area (Å²) in [7, 11) is 0. The van der Waals surface area contributed by atoms with Crippen LogP contribution in [0.4, 0.5) is 9.18 Å². The van der Waals surface area contributed by atoms with Gasteiger partial charge in [-0.3, -0.25) is 9.69 Å². The normalized spacial score (nSPS) is 21.4. The molecule has 1 amide bonds. The van der Waals surface area contributed by atoms with Crippen molar-refractivity contribution in [1.29, 1.82) is 0 Å². The van der Waals surface area contributed by atoms with Gasteiger partial charge in [-0.25, -0.2) is 9.18 Å². The second-order valence-electron chi connectivity index (χ2n) is 7.32. The monoisotopic (exact) mass is 321 g/mol. The van der Waals surface area contributed by atoms with E-state index in [9.17, 15) is 14.0 Å². The number of Topliss-reactive ketones (excluding diaryl/α,β-unsaturated/α-hetero) is 1. The first-order valence-electron chi connectivity index (χ1n) is 7.88. The van der Waals surface area contributed by atoms with Crippen molar-refractivity contribution < 1.29 is 18.7 Å². The van der Waals surface area contributed by atoms with Crippen LogP contribution in [0.25, 0.3) is 0 Å². The highest BCUT2D eigenvalue weighted by Crippen LogP contribution is 2.28. The highest BCUT2D eigenvalue weighted by molar-refractivity contribution is 6.01. The molecule has 5 heteroatoms. The molecule has 1 aliphatic heterocycles. The third-order valence-electron chi connectivity index (χ3n) is 3.90. The van der Waals surface area contributed by atoms with Gasteiger partial charge < -0.3 is 4.74 Å². The Morgan fingerprint density at radius 1 is 1.30 bits per heavy atom. The summed E-state index contributed by atoms with van der Waals surface area (Å²) in [4.78, 5) is 26.5. The maximum absolute atomic E-state index is 13.7. The number of amides is 1. The molecule has 0 N–H and O–H groups in total. The number of halogens is 1. The van der Waals surface area contributed by atoms with Gasteiger partial charge in [-0.15, -0.1) is 0 Å². The number of hydrogen-bond donors (Lipinski definition) is 0. The average Bonchev–Trinajstić information content (AvgIpc) is 2.81. The predicted octanol–water partition coefficient (Wildman–Crippen LogP) is 3.96. The van der Waals surface area contributed by atoms with Crippen molar-refractivity contribution >= 4 is 11.9 Å². The minimum absolute atomic E-state index is 0.201. The van der Waals surface area contributed by atoms with Crippen molar-refractivity contribution in [1.82, 2.24) is 4.90 Å². The van der Waals surface area contributed by atoms with Crippen LogP contribution in [-0.4, -0.2) is 35.0 Å². The lowest BCUT2D eigenvalue weighted by Crippen LogP contribution is -2.43. The van der Waals surface area contributed by atoms with E-state index < -0.39 is 23.6 Å². The third kappa shape index (κ3) is 4.09. The smallest absolute Gasteiger partial charge is 0.410 e. The highest BCUT2D eigenvalue weighted by atomic mass is 19.1. The van der Waals surface area contributed by atoms with E-state index in [4.69, 9.17) is 4.74 Å². The molecule has 0 bridgehead atoms. The van der Waals surface area contributed by atoms with Crippen LogP contribution in [0.1, 0.15) is 50.0 Å². The summed E-state index contributed by atoms with van der Waals surface area (Å²) < 4.78 is 19.1. The van der Waals surface area contributed by atoms with Crippen molar-refractivity contribution in [3.05, 3.63) is 35.1 Å². The fraction of sp³-hybridized carbons (Fsp3) is 0.556. The van der Waals surface area contributed by atoms with Crippen LogP contribution in [0.5, 0.6) is 0 Å². The summed E-state index contributed by atoms with van der Waals surface area (Å²) in [6.07, 6.45) is 0.0703. The number of carbonyl (C=O) groups excluding carboxylic acids is 2. The first kappa shape index (κ1) is 17.4. The number of rotatable bonds is 2. The minimum Gasteiger partial charge on any atom is -0.444 e. The molecule has 0 saturated carbocycles. The summed E-state index contributed by atoms with van der Waals surface area (Å²) in [5.41, 5.74) is 0.165. The van der Waals surface area contributed by atoms with Gasteiger partial charge in [0, 0.05) is 12.1 Å². The maximum Gasteiger partial charge on any atom is 0.410 e. The van der Waals surface area contributed by atoms with Gasteiger partial charge in [-0.05, 0) is 51.7 Å². The molecule has 0 spiro atoms. The van der Waals surface area contributed by atoms with E-state index in [-0.39, 0.29) is 11.7 Å². The van der Waals surface area contributed by atoms with Crippen molar-refractivity contribution in [2.24, 2.45) is 5.92 Å². The van der Waals surface area contributed by atoms with E-state index in [0.29, 0.717) is 24.1 Å². The van der Waals surface area contributed by atoms with Gasteiger partial charge in [0.05, 0.1) is 6.04 Å². The second-order valence-corrected chi connectivity index (χ2v) is 7.32. The number of benzene rings is 1. The van der Waals surface area contributed by atoms with Crippen LogP contribution < -0.4 is 0 Å². The van der Waals surface area contributed by atoms with Gasteiger partial charge >= 0.3 is 6.09 Å². The Kier molecular flexibility index (Phi) is 4.78. The number of ketones is 1. The zero-order valence-electron chi connectivity index (χ0n) is 14.4. The standard InChI is InChI=1S/C18H24FNO3/c1-11-8-15(20(10-11)17(22)23-18(3,4)5)16(21)13-7-6-12(2)14(19)9-13/h6-7,9,11,15H,8,10H2,1-5H3/t11-,15+/m1/s1. The fourth-order valence-corrected chi connectivity index (χ4v) is 2.76. The zero-order valence-corrected chi connectivity index (χ0v) is 14.4. The van der Waals surface area contributed by atoms with Gasteiger partial charge in [0.2, 0.25) is 0 Å². The average molecular weight is 321 g/mol. The van der Waals surface area contributed by atoms with E-state index in [2.05, 4.69) is 0 Å². The number of nitrogens with zero attached hydrogens (tertiary/aromatic N) is 1. The lowest BCUT2D eigenvalue weighted by atomic mass is 9.98. The zero-order chi connectivity index (χ0) is 17.4. The summed E-state index contributed by atoms with van der Waals surface area (Å²) in [6, 6.07) is 3.84. The van der Waals surface area contributed by atoms with Crippen LogP contribution in [-0.2, 0) is 4.74 Å². The van der Waals surface area contributed by atoms with Crippen molar-refractivity contribution in [3.8, 4) is 0 Å². The lowest BCUT2D eigenvalue weighted by molar-refractivity contribution is 0.0218. The summed E-state index contributed by atoms with van der Waals surface area (Å²) in [6.45, 7) is 9.47. The Labute approximate surface area is 136 Å².